The number of hydrogen-bond acceptors (Lipinski definition) is 9. The molecule has 2 aromatic rings. The average Bonchev–Trinajstić information content (AvgIpc) is 3.15. The van der Waals surface area contributed by atoms with E-state index in [2.05, 4.69) is 20.3 Å². The van der Waals surface area contributed by atoms with E-state index in [0.29, 0.717) is 23.4 Å². The number of imidazole rings is 1. The molecule has 5 atom stereocenters. The molecular formula is C14H21N5O5. The molecule has 1 saturated heterocycles. The Morgan fingerprint density at radius 3 is 2.79 bits per heavy atom. The lowest BCUT2D eigenvalue weighted by Crippen LogP contribution is -2.35. The van der Waals surface area contributed by atoms with Gasteiger partial charge in [-0.1, -0.05) is 0 Å². The van der Waals surface area contributed by atoms with Crippen LogP contribution in [0.15, 0.2) is 12.7 Å². The molecule has 1 aliphatic heterocycles. The normalized spacial score (nSPS) is 26.6. The van der Waals surface area contributed by atoms with Gasteiger partial charge in [-0.25, -0.2) is 15.0 Å². The molecule has 3 rings (SSSR count). The second-order valence-corrected chi connectivity index (χ2v) is 5.84. The summed E-state index contributed by atoms with van der Waals surface area (Å²) in [6, 6.07) is 0. The number of nitrogens with zero attached hydrogens (tertiary/aromatic N) is 4. The van der Waals surface area contributed by atoms with Crippen molar-refractivity contribution in [1.82, 2.24) is 19.5 Å². The summed E-state index contributed by atoms with van der Waals surface area (Å²) < 4.78 is 7.43. The summed E-state index contributed by atoms with van der Waals surface area (Å²) in [4.78, 5) is 12.6. The topological polar surface area (TPSA) is 146 Å². The number of hydrogen-bond donors (Lipinski definition) is 5. The quantitative estimate of drug-likeness (QED) is 0.430. The van der Waals surface area contributed by atoms with Gasteiger partial charge in [0.15, 0.2) is 17.0 Å². The Bertz CT molecular complexity index is 685. The van der Waals surface area contributed by atoms with E-state index in [-0.39, 0.29) is 18.9 Å². The van der Waals surface area contributed by atoms with Gasteiger partial charge in [-0.3, -0.25) is 4.57 Å². The van der Waals surface area contributed by atoms with Gasteiger partial charge in [0.1, 0.15) is 18.7 Å². The van der Waals surface area contributed by atoms with Gasteiger partial charge in [0.2, 0.25) is 0 Å². The second kappa shape index (κ2) is 6.95. The smallest absolute Gasteiger partial charge is 0.167 e. The first-order valence-corrected chi connectivity index (χ1v) is 7.73. The molecule has 0 spiro atoms. The van der Waals surface area contributed by atoms with Crippen LogP contribution in [0.25, 0.3) is 11.2 Å². The number of anilines is 1. The molecule has 2 unspecified atom stereocenters. The van der Waals surface area contributed by atoms with Gasteiger partial charge < -0.3 is 30.5 Å². The van der Waals surface area contributed by atoms with Crippen LogP contribution < -0.4 is 5.32 Å². The van der Waals surface area contributed by atoms with Gasteiger partial charge >= 0.3 is 0 Å². The Hall–Kier alpha value is -1.85. The van der Waals surface area contributed by atoms with Crippen molar-refractivity contribution in [3.05, 3.63) is 12.7 Å². The second-order valence-electron chi connectivity index (χ2n) is 5.84. The van der Waals surface area contributed by atoms with Crippen LogP contribution in [0.4, 0.5) is 5.82 Å². The lowest BCUT2D eigenvalue weighted by atomic mass is 10.2. The maximum absolute atomic E-state index is 9.84. The van der Waals surface area contributed by atoms with Crippen LogP contribution in [0.3, 0.4) is 0 Å². The van der Waals surface area contributed by atoms with Crippen molar-refractivity contribution in [2.24, 2.45) is 0 Å². The van der Waals surface area contributed by atoms with Crippen LogP contribution >= 0.6 is 0 Å². The van der Waals surface area contributed by atoms with Crippen molar-refractivity contribution in [3.63, 3.8) is 0 Å². The van der Waals surface area contributed by atoms with E-state index in [9.17, 15) is 15.3 Å². The van der Waals surface area contributed by atoms with Gasteiger partial charge in [0.05, 0.1) is 31.2 Å². The number of aliphatic hydroxyl groups excluding tert-OH is 4. The third-order valence-electron chi connectivity index (χ3n) is 4.14. The largest absolute Gasteiger partial charge is 0.394 e. The van der Waals surface area contributed by atoms with E-state index >= 15 is 0 Å². The molecule has 0 aromatic carbocycles. The number of nitrogens with one attached hydrogen (secondary N) is 1. The summed E-state index contributed by atoms with van der Waals surface area (Å²) in [7, 11) is 0. The van der Waals surface area contributed by atoms with E-state index in [1.807, 2.05) is 0 Å². The minimum atomic E-state index is -1.23. The highest BCUT2D eigenvalue weighted by atomic mass is 16.5. The first kappa shape index (κ1) is 17.0. The standard InChI is InChI=1S/C14H21N5O5/c1-7-8(21)2-11(24-7)19-6-18-12-13(16-5-17-14(12)19)15-3-9(22)10(23)4-20/h5-11,20-23H,2-4H2,1H3,(H,15,16,17)/t7-,8-,9?,10?,11-/m1/s1. The molecule has 0 bridgehead atoms. The minimum Gasteiger partial charge on any atom is -0.394 e. The molecule has 1 fully saturated rings. The predicted molar refractivity (Wildman–Crippen MR) is 83.1 cm³/mol. The Labute approximate surface area is 137 Å². The first-order chi connectivity index (χ1) is 11.5. The highest BCUT2D eigenvalue weighted by Crippen LogP contribution is 2.31. The molecule has 3 heterocycles. The van der Waals surface area contributed by atoms with Crippen LogP contribution in [0.2, 0.25) is 0 Å². The summed E-state index contributed by atoms with van der Waals surface area (Å²) in [6.07, 6.45) is -0.168. The molecule has 132 valence electrons. The maximum Gasteiger partial charge on any atom is 0.167 e. The Morgan fingerprint density at radius 2 is 2.12 bits per heavy atom. The lowest BCUT2D eigenvalue weighted by molar-refractivity contribution is -0.00704. The zero-order valence-electron chi connectivity index (χ0n) is 13.1. The van der Waals surface area contributed by atoms with Crippen LogP contribution in [-0.2, 0) is 4.74 Å². The fraction of sp³-hybridized carbons (Fsp3) is 0.643. The molecule has 0 aliphatic carbocycles. The van der Waals surface area contributed by atoms with Crippen LogP contribution in [0.5, 0.6) is 0 Å². The molecule has 5 N–H and O–H groups in total. The average molecular weight is 339 g/mol. The number of aliphatic hydroxyl groups is 4. The number of rotatable bonds is 6. The van der Waals surface area contributed by atoms with Gasteiger partial charge in [-0.05, 0) is 6.92 Å². The number of ether oxygens (including phenoxy) is 1. The van der Waals surface area contributed by atoms with Crippen molar-refractivity contribution >= 4 is 17.0 Å². The number of aromatic nitrogens is 4. The molecule has 0 amide bonds. The zero-order chi connectivity index (χ0) is 17.3. The van der Waals surface area contributed by atoms with Gasteiger partial charge in [0, 0.05) is 13.0 Å². The van der Waals surface area contributed by atoms with E-state index in [0.717, 1.165) is 0 Å². The van der Waals surface area contributed by atoms with Gasteiger partial charge in [0.25, 0.3) is 0 Å². The summed E-state index contributed by atoms with van der Waals surface area (Å²) in [5.41, 5.74) is 1.02. The summed E-state index contributed by atoms with van der Waals surface area (Å²) in [5, 5.41) is 40.6. The van der Waals surface area contributed by atoms with Gasteiger partial charge in [-0.2, -0.15) is 0 Å². The lowest BCUT2D eigenvalue weighted by Gasteiger charge is -2.16. The highest BCUT2D eigenvalue weighted by molar-refractivity contribution is 5.82. The summed E-state index contributed by atoms with van der Waals surface area (Å²) >= 11 is 0. The molecular weight excluding hydrogens is 318 g/mol. The van der Waals surface area contributed by atoms with Crippen molar-refractivity contribution in [3.8, 4) is 0 Å². The summed E-state index contributed by atoms with van der Waals surface area (Å²) in [5.74, 6) is 0.398. The highest BCUT2D eigenvalue weighted by Gasteiger charge is 2.33. The van der Waals surface area contributed by atoms with Crippen molar-refractivity contribution in [2.75, 3.05) is 18.5 Å². The van der Waals surface area contributed by atoms with Gasteiger partial charge in [-0.15, -0.1) is 0 Å². The zero-order valence-corrected chi connectivity index (χ0v) is 13.1. The van der Waals surface area contributed by atoms with Crippen molar-refractivity contribution in [1.29, 1.82) is 0 Å². The monoisotopic (exact) mass is 339 g/mol. The van der Waals surface area contributed by atoms with E-state index in [1.165, 1.54) is 6.33 Å². The molecule has 10 heteroatoms. The first-order valence-electron chi connectivity index (χ1n) is 7.73. The molecule has 2 aromatic heterocycles. The van der Waals surface area contributed by atoms with Crippen LogP contribution in [0, 0.1) is 0 Å². The van der Waals surface area contributed by atoms with E-state index in [4.69, 9.17) is 9.84 Å². The van der Waals surface area contributed by atoms with Crippen molar-refractivity contribution < 1.29 is 25.2 Å². The fourth-order valence-corrected chi connectivity index (χ4v) is 2.62. The van der Waals surface area contributed by atoms with Crippen LogP contribution in [0.1, 0.15) is 19.6 Å². The molecule has 1 aliphatic rings. The minimum absolute atomic E-state index is 0.00359. The molecule has 24 heavy (non-hydrogen) atoms. The Balaban J connectivity index is 1.79. The SMILES string of the molecule is C[C@H]1O[C@@H](n2cnc3c(NCC(O)C(O)CO)ncnc32)C[C@H]1O. The Kier molecular flexibility index (Phi) is 4.92. The van der Waals surface area contributed by atoms with E-state index in [1.54, 1.807) is 17.8 Å². The molecule has 10 nitrogen and oxygen atoms in total. The van der Waals surface area contributed by atoms with Crippen molar-refractivity contribution in [2.45, 2.75) is 44.0 Å². The Morgan fingerprint density at radius 1 is 1.33 bits per heavy atom. The third-order valence-corrected chi connectivity index (χ3v) is 4.14. The fourth-order valence-electron chi connectivity index (χ4n) is 2.62. The predicted octanol–water partition coefficient (Wildman–Crippen LogP) is -1.38. The van der Waals surface area contributed by atoms with Crippen LogP contribution in [-0.4, -0.2) is 77.5 Å². The maximum atomic E-state index is 9.84. The third kappa shape index (κ3) is 3.19. The summed E-state index contributed by atoms with van der Waals surface area (Å²) in [6.45, 7) is 1.27. The molecule has 0 saturated carbocycles. The number of fused-ring (bicyclic) bond motifs is 1. The van der Waals surface area contributed by atoms with E-state index < -0.39 is 24.9 Å². The molecule has 0 radical (unpaired) electrons.